The van der Waals surface area contributed by atoms with Crippen LogP contribution in [0.15, 0.2) is 0 Å². The van der Waals surface area contributed by atoms with Crippen LogP contribution in [0, 0.1) is 11.3 Å². The molecule has 0 spiro atoms. The van der Waals surface area contributed by atoms with Crippen molar-refractivity contribution in [3.8, 4) is 0 Å². The number of carbonyl (C=O) groups is 1. The Morgan fingerprint density at radius 3 is 2.43 bits per heavy atom. The van der Waals surface area contributed by atoms with Crippen LogP contribution in [0.3, 0.4) is 0 Å². The third-order valence-corrected chi connectivity index (χ3v) is 4.65. The van der Waals surface area contributed by atoms with Crippen molar-refractivity contribution >= 4 is 21.8 Å². The van der Waals surface area contributed by atoms with Crippen LogP contribution in [0.1, 0.15) is 40.0 Å². The largest absolute Gasteiger partial charge is 0.355 e. The second kappa shape index (κ2) is 4.65. The summed E-state index contributed by atoms with van der Waals surface area (Å²) in [6.07, 6.45) is 3.73. The molecule has 82 valence electrons. The molecular weight excluding hydrogens is 242 g/mol. The first-order valence-corrected chi connectivity index (χ1v) is 6.34. The summed E-state index contributed by atoms with van der Waals surface area (Å²) in [5.74, 6) is 0.492. The maximum atomic E-state index is 11.6. The summed E-state index contributed by atoms with van der Waals surface area (Å²) in [6, 6.07) is 0. The summed E-state index contributed by atoms with van der Waals surface area (Å²) in [6.45, 7) is 7.15. The third kappa shape index (κ3) is 2.97. The minimum absolute atomic E-state index is 0.0462. The van der Waals surface area contributed by atoms with Gasteiger partial charge >= 0.3 is 0 Å². The summed E-state index contributed by atoms with van der Waals surface area (Å²) < 4.78 is 0. The normalized spacial score (nSPS) is 20.6. The van der Waals surface area contributed by atoms with Crippen molar-refractivity contribution in [2.24, 2.45) is 11.3 Å². The van der Waals surface area contributed by atoms with E-state index < -0.39 is 0 Å². The first kappa shape index (κ1) is 12.0. The highest BCUT2D eigenvalue weighted by Crippen LogP contribution is 2.47. The molecule has 0 aromatic carbocycles. The van der Waals surface area contributed by atoms with Crippen LogP contribution < -0.4 is 5.32 Å². The molecule has 1 aliphatic rings. The van der Waals surface area contributed by atoms with E-state index in [1.165, 1.54) is 19.3 Å². The Morgan fingerprint density at radius 2 is 2.07 bits per heavy atom. The van der Waals surface area contributed by atoms with Gasteiger partial charge in [-0.1, -0.05) is 36.7 Å². The van der Waals surface area contributed by atoms with Gasteiger partial charge in [-0.2, -0.15) is 0 Å². The lowest BCUT2D eigenvalue weighted by Gasteiger charge is -2.17. The molecule has 1 rings (SSSR count). The van der Waals surface area contributed by atoms with Crippen molar-refractivity contribution in [3.63, 3.8) is 0 Å². The van der Waals surface area contributed by atoms with Crippen molar-refractivity contribution < 1.29 is 4.79 Å². The predicted octanol–water partition coefficient (Wildman–Crippen LogP) is 2.71. The van der Waals surface area contributed by atoms with Crippen LogP contribution >= 0.6 is 15.9 Å². The average Bonchev–Trinajstić information content (AvgIpc) is 2.93. The third-order valence-electron chi connectivity index (χ3n) is 3.18. The monoisotopic (exact) mass is 261 g/mol. The van der Waals surface area contributed by atoms with Gasteiger partial charge in [-0.3, -0.25) is 4.79 Å². The topological polar surface area (TPSA) is 29.1 Å². The molecule has 0 saturated heterocycles. The summed E-state index contributed by atoms with van der Waals surface area (Å²) >= 11 is 3.41. The predicted molar refractivity (Wildman–Crippen MR) is 62.5 cm³/mol. The molecule has 1 saturated carbocycles. The van der Waals surface area contributed by atoms with E-state index in [1.54, 1.807) is 0 Å². The van der Waals surface area contributed by atoms with E-state index >= 15 is 0 Å². The Bertz CT molecular complexity index is 211. The van der Waals surface area contributed by atoms with Crippen molar-refractivity contribution in [2.75, 3.05) is 6.54 Å². The number of carbonyl (C=O) groups excluding carboxylic acids is 1. The Labute approximate surface area is 95.0 Å². The molecule has 0 aromatic heterocycles. The van der Waals surface area contributed by atoms with Gasteiger partial charge in [0, 0.05) is 6.54 Å². The van der Waals surface area contributed by atoms with E-state index in [9.17, 15) is 4.79 Å². The minimum atomic E-state index is -0.0462. The molecule has 0 bridgehead atoms. The van der Waals surface area contributed by atoms with Gasteiger partial charge in [-0.25, -0.2) is 0 Å². The van der Waals surface area contributed by atoms with Gasteiger partial charge in [-0.15, -0.1) is 0 Å². The van der Waals surface area contributed by atoms with Gasteiger partial charge in [-0.05, 0) is 30.6 Å². The van der Waals surface area contributed by atoms with E-state index in [4.69, 9.17) is 0 Å². The van der Waals surface area contributed by atoms with E-state index in [0.29, 0.717) is 11.3 Å². The first-order chi connectivity index (χ1) is 6.51. The molecule has 1 unspecified atom stereocenters. The molecule has 1 atom stereocenters. The van der Waals surface area contributed by atoms with Gasteiger partial charge in [0.15, 0.2) is 0 Å². The molecule has 0 aliphatic heterocycles. The highest BCUT2D eigenvalue weighted by molar-refractivity contribution is 9.10. The van der Waals surface area contributed by atoms with Gasteiger partial charge in [0.2, 0.25) is 5.91 Å². The maximum absolute atomic E-state index is 11.6. The quantitative estimate of drug-likeness (QED) is 0.758. The molecule has 1 amide bonds. The maximum Gasteiger partial charge on any atom is 0.234 e. The Morgan fingerprint density at radius 1 is 1.50 bits per heavy atom. The molecule has 3 heteroatoms. The van der Waals surface area contributed by atoms with Crippen molar-refractivity contribution in [2.45, 2.75) is 44.9 Å². The summed E-state index contributed by atoms with van der Waals surface area (Å²) in [4.78, 5) is 11.6. The molecule has 0 aromatic rings. The molecule has 14 heavy (non-hydrogen) atoms. The molecule has 1 fully saturated rings. The van der Waals surface area contributed by atoms with Gasteiger partial charge in [0.1, 0.15) is 0 Å². The fourth-order valence-electron chi connectivity index (χ4n) is 1.51. The van der Waals surface area contributed by atoms with E-state index in [2.05, 4.69) is 28.2 Å². The van der Waals surface area contributed by atoms with Crippen LogP contribution in [-0.4, -0.2) is 17.3 Å². The Hall–Kier alpha value is -0.0500. The number of hydrogen-bond donors (Lipinski definition) is 1. The number of nitrogens with one attached hydrogen (secondary N) is 1. The lowest BCUT2D eigenvalue weighted by molar-refractivity contribution is -0.121. The Balaban J connectivity index is 2.28. The number of rotatable bonds is 5. The van der Waals surface area contributed by atoms with E-state index in [0.717, 1.165) is 6.54 Å². The first-order valence-electron chi connectivity index (χ1n) is 5.42. The van der Waals surface area contributed by atoms with Crippen LogP contribution in [0.4, 0.5) is 0 Å². The molecule has 1 aliphatic carbocycles. The smallest absolute Gasteiger partial charge is 0.234 e. The molecule has 0 radical (unpaired) electrons. The van der Waals surface area contributed by atoms with E-state index in [1.807, 2.05) is 13.8 Å². The lowest BCUT2D eigenvalue weighted by atomic mass is 10.0. The standard InChI is InChI=1S/C11H20BrNO/c1-4-11(5-6-11)7-13-10(14)9(12)8(2)3/h8-9H,4-7H2,1-3H3,(H,13,14). The minimum Gasteiger partial charge on any atom is -0.355 e. The van der Waals surface area contributed by atoms with Crippen LogP contribution in [0.5, 0.6) is 0 Å². The zero-order valence-electron chi connectivity index (χ0n) is 9.27. The van der Waals surface area contributed by atoms with Crippen molar-refractivity contribution in [3.05, 3.63) is 0 Å². The van der Waals surface area contributed by atoms with Crippen molar-refractivity contribution in [1.82, 2.24) is 5.32 Å². The second-order valence-corrected chi connectivity index (χ2v) is 5.70. The summed E-state index contributed by atoms with van der Waals surface area (Å²) in [5.41, 5.74) is 0.444. The summed E-state index contributed by atoms with van der Waals surface area (Å²) in [5, 5.41) is 3.03. The fourth-order valence-corrected chi connectivity index (χ4v) is 1.67. The molecule has 0 heterocycles. The zero-order chi connectivity index (χ0) is 10.8. The Kier molecular flexibility index (Phi) is 3.99. The molecule has 1 N–H and O–H groups in total. The van der Waals surface area contributed by atoms with Gasteiger partial charge in [0.05, 0.1) is 4.83 Å². The summed E-state index contributed by atoms with van der Waals surface area (Å²) in [7, 11) is 0. The van der Waals surface area contributed by atoms with Gasteiger partial charge in [0.25, 0.3) is 0 Å². The number of amides is 1. The van der Waals surface area contributed by atoms with Crippen LogP contribution in [0.2, 0.25) is 0 Å². The van der Waals surface area contributed by atoms with Crippen molar-refractivity contribution in [1.29, 1.82) is 0 Å². The van der Waals surface area contributed by atoms with Crippen LogP contribution in [0.25, 0.3) is 0 Å². The SMILES string of the molecule is CCC1(CNC(=O)C(Br)C(C)C)CC1. The highest BCUT2D eigenvalue weighted by atomic mass is 79.9. The average molecular weight is 262 g/mol. The second-order valence-electron chi connectivity index (χ2n) is 4.72. The molecule has 2 nitrogen and oxygen atoms in total. The van der Waals surface area contributed by atoms with E-state index in [-0.39, 0.29) is 10.7 Å². The molecular formula is C11H20BrNO. The highest BCUT2D eigenvalue weighted by Gasteiger charge is 2.40. The number of alkyl halides is 1. The lowest BCUT2D eigenvalue weighted by Crippen LogP contribution is -2.37. The number of hydrogen-bond acceptors (Lipinski definition) is 1. The zero-order valence-corrected chi connectivity index (χ0v) is 10.9. The van der Waals surface area contributed by atoms with Gasteiger partial charge < -0.3 is 5.32 Å². The number of halogens is 1. The fraction of sp³-hybridized carbons (Fsp3) is 0.909. The van der Waals surface area contributed by atoms with Crippen LogP contribution in [-0.2, 0) is 4.79 Å².